The minimum absolute atomic E-state index is 0.171. The third-order valence-electron chi connectivity index (χ3n) is 3.57. The van der Waals surface area contributed by atoms with Gasteiger partial charge in [0.1, 0.15) is 6.07 Å². The highest BCUT2D eigenvalue weighted by atomic mass is 32.2. The molecule has 0 bridgehead atoms. The van der Waals surface area contributed by atoms with E-state index in [0.29, 0.717) is 21.9 Å². The Bertz CT molecular complexity index is 889. The number of rotatable bonds is 6. The predicted octanol–water partition coefficient (Wildman–Crippen LogP) is 2.87. The number of anilines is 1. The molecule has 0 aromatic heterocycles. The van der Waals surface area contributed by atoms with Gasteiger partial charge in [0.25, 0.3) is 5.91 Å². The molecule has 26 heavy (non-hydrogen) atoms. The average Bonchev–Trinajstić information content (AvgIpc) is 2.67. The molecule has 2 aromatic rings. The van der Waals surface area contributed by atoms with E-state index >= 15 is 0 Å². The molecule has 0 aliphatic carbocycles. The molecule has 2 atom stereocenters. The van der Waals surface area contributed by atoms with E-state index in [9.17, 15) is 13.8 Å². The molecular formula is C19H18N2O4S. The van der Waals surface area contributed by atoms with Crippen molar-refractivity contribution in [3.63, 3.8) is 0 Å². The second-order valence-electron chi connectivity index (χ2n) is 5.32. The number of nitrogens with zero attached hydrogens (tertiary/aromatic N) is 1. The second-order valence-corrected chi connectivity index (χ2v) is 7.03. The zero-order chi connectivity index (χ0) is 19.1. The molecule has 6 nitrogen and oxygen atoms in total. The summed E-state index contributed by atoms with van der Waals surface area (Å²) in [5, 5.41) is 11.6. The summed E-state index contributed by atoms with van der Waals surface area (Å²) in [4.78, 5) is 25.0. The zero-order valence-corrected chi connectivity index (χ0v) is 15.2. The number of carbonyl (C=O) groups is 2. The Morgan fingerprint density at radius 2 is 1.85 bits per heavy atom. The Morgan fingerprint density at radius 3 is 2.54 bits per heavy atom. The molecule has 0 spiro atoms. The van der Waals surface area contributed by atoms with Crippen LogP contribution in [0.4, 0.5) is 5.69 Å². The molecule has 2 rings (SSSR count). The van der Waals surface area contributed by atoms with Crippen LogP contribution in [0, 0.1) is 11.3 Å². The standard InChI is InChI=1S/C19H18N2O4S/c1-3-26(24)17-11-7-5-9-15(17)19(23)25-13(2)18(22)21-16-10-6-4-8-14(16)12-20/h4-11,13H,3H2,1-2H3,(H,21,22). The number of ether oxygens (including phenoxy) is 1. The quantitative estimate of drug-likeness (QED) is 0.789. The van der Waals surface area contributed by atoms with E-state index in [1.165, 1.54) is 13.0 Å². The van der Waals surface area contributed by atoms with Gasteiger partial charge in [0.2, 0.25) is 0 Å². The van der Waals surface area contributed by atoms with Crippen LogP contribution in [0.25, 0.3) is 0 Å². The third-order valence-corrected chi connectivity index (χ3v) is 4.94. The van der Waals surface area contributed by atoms with Crippen LogP contribution >= 0.6 is 0 Å². The lowest BCUT2D eigenvalue weighted by Crippen LogP contribution is -2.30. The van der Waals surface area contributed by atoms with Crippen molar-refractivity contribution in [2.45, 2.75) is 24.8 Å². The number of hydrogen-bond acceptors (Lipinski definition) is 5. The highest BCUT2D eigenvalue weighted by Crippen LogP contribution is 2.17. The van der Waals surface area contributed by atoms with E-state index in [-0.39, 0.29) is 5.56 Å². The van der Waals surface area contributed by atoms with Crippen molar-refractivity contribution in [1.82, 2.24) is 0 Å². The maximum atomic E-state index is 12.4. The fourth-order valence-electron chi connectivity index (χ4n) is 2.19. The molecule has 0 aliphatic heterocycles. The minimum atomic E-state index is -1.32. The molecule has 1 amide bonds. The van der Waals surface area contributed by atoms with Gasteiger partial charge in [-0.15, -0.1) is 0 Å². The van der Waals surface area contributed by atoms with E-state index in [1.807, 2.05) is 6.07 Å². The fraction of sp³-hybridized carbons (Fsp3) is 0.211. The van der Waals surface area contributed by atoms with Crippen LogP contribution in [0.2, 0.25) is 0 Å². The first-order chi connectivity index (χ1) is 12.5. The topological polar surface area (TPSA) is 96.3 Å². The van der Waals surface area contributed by atoms with Crippen LogP contribution in [0.15, 0.2) is 53.4 Å². The summed E-state index contributed by atoms with van der Waals surface area (Å²) in [6.07, 6.45) is -1.09. The van der Waals surface area contributed by atoms with Gasteiger partial charge in [0.15, 0.2) is 6.10 Å². The number of amides is 1. The Hall–Kier alpha value is -2.98. The summed E-state index contributed by atoms with van der Waals surface area (Å²) in [6.45, 7) is 3.18. The van der Waals surface area contributed by atoms with Crippen molar-refractivity contribution in [3.05, 3.63) is 59.7 Å². The first-order valence-corrected chi connectivity index (χ1v) is 9.28. The highest BCUT2D eigenvalue weighted by Gasteiger charge is 2.22. The monoisotopic (exact) mass is 370 g/mol. The van der Waals surface area contributed by atoms with E-state index in [0.717, 1.165) is 0 Å². The number of nitriles is 1. The summed E-state index contributed by atoms with van der Waals surface area (Å²) >= 11 is 0. The van der Waals surface area contributed by atoms with Crippen LogP contribution in [-0.2, 0) is 20.3 Å². The maximum Gasteiger partial charge on any atom is 0.340 e. The van der Waals surface area contributed by atoms with Crippen LogP contribution in [-0.4, -0.2) is 27.9 Å². The number of carbonyl (C=O) groups excluding carboxylic acids is 2. The zero-order valence-electron chi connectivity index (χ0n) is 14.4. The molecule has 2 aromatic carbocycles. The number of esters is 1. The van der Waals surface area contributed by atoms with Crippen molar-refractivity contribution in [3.8, 4) is 6.07 Å². The summed E-state index contributed by atoms with van der Waals surface area (Å²) < 4.78 is 17.3. The average molecular weight is 370 g/mol. The number of para-hydroxylation sites is 1. The Kier molecular flexibility index (Phi) is 6.64. The maximum absolute atomic E-state index is 12.4. The van der Waals surface area contributed by atoms with Gasteiger partial charge >= 0.3 is 5.97 Å². The molecule has 0 aliphatic rings. The molecule has 0 saturated heterocycles. The van der Waals surface area contributed by atoms with Gasteiger partial charge in [-0.1, -0.05) is 31.2 Å². The predicted molar refractivity (Wildman–Crippen MR) is 98.1 cm³/mol. The van der Waals surface area contributed by atoms with Crippen molar-refractivity contribution < 1.29 is 18.5 Å². The fourth-order valence-corrected chi connectivity index (χ4v) is 3.13. The summed E-state index contributed by atoms with van der Waals surface area (Å²) in [5.41, 5.74) is 0.822. The molecule has 7 heteroatoms. The van der Waals surface area contributed by atoms with Crippen LogP contribution < -0.4 is 5.32 Å². The Morgan fingerprint density at radius 1 is 1.19 bits per heavy atom. The normalized spacial score (nSPS) is 12.5. The minimum Gasteiger partial charge on any atom is -0.449 e. The van der Waals surface area contributed by atoms with E-state index in [2.05, 4.69) is 5.32 Å². The SMILES string of the molecule is CCS(=O)c1ccccc1C(=O)OC(C)C(=O)Nc1ccccc1C#N. The lowest BCUT2D eigenvalue weighted by atomic mass is 10.2. The van der Waals surface area contributed by atoms with Gasteiger partial charge in [-0.05, 0) is 31.2 Å². The highest BCUT2D eigenvalue weighted by molar-refractivity contribution is 7.85. The number of benzene rings is 2. The van der Waals surface area contributed by atoms with Crippen LogP contribution in [0.1, 0.15) is 29.8 Å². The Balaban J connectivity index is 2.11. The van der Waals surface area contributed by atoms with Crippen molar-refractivity contribution in [2.24, 2.45) is 0 Å². The van der Waals surface area contributed by atoms with Gasteiger partial charge in [-0.25, -0.2) is 4.79 Å². The lowest BCUT2D eigenvalue weighted by molar-refractivity contribution is -0.123. The van der Waals surface area contributed by atoms with Crippen molar-refractivity contribution >= 4 is 28.4 Å². The van der Waals surface area contributed by atoms with E-state index < -0.39 is 28.8 Å². The third kappa shape index (κ3) is 4.55. The molecule has 134 valence electrons. The summed E-state index contributed by atoms with van der Waals surface area (Å²) in [5.74, 6) is -0.917. The number of hydrogen-bond donors (Lipinski definition) is 1. The molecular weight excluding hydrogens is 352 g/mol. The van der Waals surface area contributed by atoms with Gasteiger partial charge in [0, 0.05) is 5.75 Å². The Labute approximate surface area is 154 Å². The summed E-state index contributed by atoms with van der Waals surface area (Å²) in [7, 11) is -1.32. The lowest BCUT2D eigenvalue weighted by Gasteiger charge is -2.15. The molecule has 1 N–H and O–H groups in total. The van der Waals surface area contributed by atoms with E-state index in [1.54, 1.807) is 49.4 Å². The molecule has 2 unspecified atom stereocenters. The first-order valence-electron chi connectivity index (χ1n) is 7.96. The van der Waals surface area contributed by atoms with Gasteiger partial charge in [-0.2, -0.15) is 5.26 Å². The molecule has 0 heterocycles. The van der Waals surface area contributed by atoms with Crippen LogP contribution in [0.5, 0.6) is 0 Å². The van der Waals surface area contributed by atoms with E-state index in [4.69, 9.17) is 10.00 Å². The second kappa shape index (κ2) is 8.92. The van der Waals surface area contributed by atoms with Crippen molar-refractivity contribution in [2.75, 3.05) is 11.1 Å². The van der Waals surface area contributed by atoms with Gasteiger partial charge in [0.05, 0.1) is 32.5 Å². The smallest absolute Gasteiger partial charge is 0.340 e. The van der Waals surface area contributed by atoms with Crippen LogP contribution in [0.3, 0.4) is 0 Å². The van der Waals surface area contributed by atoms with Crippen molar-refractivity contribution in [1.29, 1.82) is 5.26 Å². The van der Waals surface area contributed by atoms with Gasteiger partial charge < -0.3 is 10.1 Å². The molecule has 0 fully saturated rings. The number of nitrogens with one attached hydrogen (secondary N) is 1. The molecule has 0 saturated carbocycles. The van der Waals surface area contributed by atoms with Gasteiger partial charge in [-0.3, -0.25) is 9.00 Å². The molecule has 0 radical (unpaired) electrons. The first kappa shape index (κ1) is 19.3. The largest absolute Gasteiger partial charge is 0.449 e. The summed E-state index contributed by atoms with van der Waals surface area (Å²) in [6, 6.07) is 14.9.